The van der Waals surface area contributed by atoms with Crippen LogP contribution in [0.25, 0.3) is 0 Å². The van der Waals surface area contributed by atoms with Crippen molar-refractivity contribution in [1.29, 1.82) is 0 Å². The first-order chi connectivity index (χ1) is 9.50. The van der Waals surface area contributed by atoms with Crippen molar-refractivity contribution in [2.24, 2.45) is 0 Å². The van der Waals surface area contributed by atoms with Crippen LogP contribution in [0.2, 0.25) is 0 Å². The first kappa shape index (κ1) is 19.5. The summed E-state index contributed by atoms with van der Waals surface area (Å²) in [7, 11) is 0. The third kappa shape index (κ3) is 6.78. The topological polar surface area (TPSA) is 29.5 Å². The summed E-state index contributed by atoms with van der Waals surface area (Å²) in [6.45, 7) is 9.81. The summed E-state index contributed by atoms with van der Waals surface area (Å²) in [5.41, 5.74) is 0.00198. The van der Waals surface area contributed by atoms with Gasteiger partial charge in [-0.1, -0.05) is 35.9 Å². The van der Waals surface area contributed by atoms with Gasteiger partial charge in [-0.15, -0.1) is 18.2 Å². The molecule has 1 aromatic carbocycles. The zero-order valence-corrected chi connectivity index (χ0v) is 14.8. The fraction of sp³-hybridized carbons (Fsp3) is 0.500. The van der Waals surface area contributed by atoms with E-state index < -0.39 is 5.60 Å². The summed E-state index contributed by atoms with van der Waals surface area (Å²) in [5.74, 6) is 1.29. The van der Waals surface area contributed by atoms with E-state index in [1.807, 2.05) is 39.0 Å². The number of benzene rings is 1. The normalized spacial score (nSPS) is 12.9. The summed E-state index contributed by atoms with van der Waals surface area (Å²) >= 11 is 9.03. The molecule has 0 saturated heterocycles. The first-order valence-corrected chi connectivity index (χ1v) is 8.14. The molecule has 0 radical (unpaired) electrons. The maximum absolute atomic E-state index is 10.2. The number of hydrogen-bond donors (Lipinski definition) is 1. The highest BCUT2D eigenvalue weighted by Gasteiger charge is 2.23. The molecule has 1 N–H and O–H groups in total. The van der Waals surface area contributed by atoms with E-state index in [-0.39, 0.29) is 6.61 Å². The molecule has 2 nitrogen and oxygen atoms in total. The summed E-state index contributed by atoms with van der Waals surface area (Å²) in [6, 6.07) is 5.76. The Hall–Kier alpha value is -0.510. The van der Waals surface area contributed by atoms with Crippen LogP contribution in [-0.2, 0) is 0 Å². The third-order valence-electron chi connectivity index (χ3n) is 2.74. The molecular weight excluding hydrogens is 340 g/mol. The van der Waals surface area contributed by atoms with E-state index in [1.54, 1.807) is 0 Å². The van der Waals surface area contributed by atoms with Gasteiger partial charge in [0.1, 0.15) is 18.0 Å². The largest absolute Gasteiger partial charge is 0.490 e. The number of aliphatic hydroxyl groups is 1. The number of rotatable bonds is 7. The lowest BCUT2D eigenvalue weighted by molar-refractivity contribution is 0.0301. The minimum absolute atomic E-state index is 0.190. The van der Waals surface area contributed by atoms with Gasteiger partial charge in [0.05, 0.1) is 0 Å². The van der Waals surface area contributed by atoms with E-state index in [9.17, 15) is 5.11 Å². The fourth-order valence-corrected chi connectivity index (χ4v) is 2.19. The fourth-order valence-electron chi connectivity index (χ4n) is 1.58. The summed E-state index contributed by atoms with van der Waals surface area (Å²) in [6.07, 6.45) is 2.80. The van der Waals surface area contributed by atoms with Crippen LogP contribution in [0.15, 0.2) is 35.3 Å². The second-order valence-corrected chi connectivity index (χ2v) is 5.59. The Bertz CT molecular complexity index is 409. The van der Waals surface area contributed by atoms with Crippen molar-refractivity contribution >= 4 is 27.5 Å². The van der Waals surface area contributed by atoms with Crippen molar-refractivity contribution in [3.63, 3.8) is 0 Å². The molecule has 0 aliphatic rings. The van der Waals surface area contributed by atoms with E-state index >= 15 is 0 Å². The minimum atomic E-state index is -1.02. The molecule has 0 heterocycles. The van der Waals surface area contributed by atoms with Crippen LogP contribution in [-0.4, -0.2) is 23.2 Å². The van der Waals surface area contributed by atoms with Crippen LogP contribution in [0.1, 0.15) is 32.3 Å². The minimum Gasteiger partial charge on any atom is -0.490 e. The van der Waals surface area contributed by atoms with Crippen LogP contribution in [0.4, 0.5) is 0 Å². The molecule has 0 spiro atoms. The van der Waals surface area contributed by atoms with E-state index in [0.29, 0.717) is 12.3 Å². The summed E-state index contributed by atoms with van der Waals surface area (Å²) < 4.78 is 6.67. The molecule has 20 heavy (non-hydrogen) atoms. The lowest BCUT2D eigenvalue weighted by atomic mass is 9.99. The van der Waals surface area contributed by atoms with Crippen LogP contribution in [0, 0.1) is 6.92 Å². The monoisotopic (exact) mass is 362 g/mol. The highest BCUT2D eigenvalue weighted by atomic mass is 79.9. The Balaban J connectivity index is 0.00000172. The Morgan fingerprint density at radius 2 is 2.10 bits per heavy atom. The highest BCUT2D eigenvalue weighted by molar-refractivity contribution is 9.10. The average Bonchev–Trinajstić information content (AvgIpc) is 2.46. The predicted octanol–water partition coefficient (Wildman–Crippen LogP) is 5.10. The van der Waals surface area contributed by atoms with Gasteiger partial charge in [-0.3, -0.25) is 0 Å². The molecule has 0 amide bonds. The smallest absolute Gasteiger partial charge is 0.122 e. The van der Waals surface area contributed by atoms with Crippen LogP contribution in [0.5, 0.6) is 5.75 Å². The van der Waals surface area contributed by atoms with Crippen molar-refractivity contribution < 1.29 is 9.84 Å². The van der Waals surface area contributed by atoms with E-state index in [1.165, 1.54) is 6.08 Å². The second kappa shape index (κ2) is 10.3. The van der Waals surface area contributed by atoms with Crippen molar-refractivity contribution in [2.45, 2.75) is 39.2 Å². The average molecular weight is 364 g/mol. The highest BCUT2D eigenvalue weighted by Crippen LogP contribution is 2.24. The second-order valence-electron chi connectivity index (χ2n) is 4.30. The van der Waals surface area contributed by atoms with E-state index in [0.717, 1.165) is 22.2 Å². The number of ether oxygens (including phenoxy) is 1. The molecule has 0 aliphatic carbocycles. The third-order valence-corrected chi connectivity index (χ3v) is 3.50. The van der Waals surface area contributed by atoms with Crippen LogP contribution >= 0.6 is 27.5 Å². The Labute approximate surface area is 135 Å². The SMILES string of the molecule is C=CC(O)(CCCCl)COc1ccc(Br)cc1C.CC. The standard InChI is InChI=1S/C14H18BrClO2.C2H6/c1-3-14(17,7-4-8-16)10-18-13-6-5-12(15)9-11(13)2;1-2/h3,5-6,9,17H,1,4,7-8,10H2,2H3;1-2H3. The zero-order chi connectivity index (χ0) is 15.6. The number of alkyl halides is 1. The lowest BCUT2D eigenvalue weighted by Crippen LogP contribution is -2.33. The molecule has 1 atom stereocenters. The van der Waals surface area contributed by atoms with E-state index in [2.05, 4.69) is 22.5 Å². The number of aryl methyl sites for hydroxylation is 1. The molecular formula is C16H24BrClO2. The summed E-state index contributed by atoms with van der Waals surface area (Å²) in [4.78, 5) is 0. The number of hydrogen-bond acceptors (Lipinski definition) is 2. The molecule has 0 fully saturated rings. The van der Waals surface area contributed by atoms with Crippen molar-refractivity contribution in [2.75, 3.05) is 12.5 Å². The summed E-state index contributed by atoms with van der Waals surface area (Å²) in [5, 5.41) is 10.2. The predicted molar refractivity (Wildman–Crippen MR) is 90.8 cm³/mol. The Morgan fingerprint density at radius 3 is 2.60 bits per heavy atom. The molecule has 0 aliphatic heterocycles. The van der Waals surface area contributed by atoms with Gasteiger partial charge < -0.3 is 9.84 Å². The van der Waals surface area contributed by atoms with Crippen molar-refractivity contribution in [1.82, 2.24) is 0 Å². The quantitative estimate of drug-likeness (QED) is 0.539. The first-order valence-electron chi connectivity index (χ1n) is 6.81. The van der Waals surface area contributed by atoms with Crippen molar-refractivity contribution in [3.8, 4) is 5.75 Å². The van der Waals surface area contributed by atoms with Gasteiger partial charge >= 0.3 is 0 Å². The van der Waals surface area contributed by atoms with Crippen LogP contribution in [0.3, 0.4) is 0 Å². The maximum Gasteiger partial charge on any atom is 0.122 e. The van der Waals surface area contributed by atoms with E-state index in [4.69, 9.17) is 16.3 Å². The van der Waals surface area contributed by atoms with Gasteiger partial charge in [0, 0.05) is 10.4 Å². The van der Waals surface area contributed by atoms with Gasteiger partial charge in [-0.2, -0.15) is 0 Å². The van der Waals surface area contributed by atoms with Gasteiger partial charge in [-0.05, 0) is 43.5 Å². The van der Waals surface area contributed by atoms with Crippen molar-refractivity contribution in [3.05, 3.63) is 40.9 Å². The number of halogens is 2. The zero-order valence-electron chi connectivity index (χ0n) is 12.5. The molecule has 0 bridgehead atoms. The van der Waals surface area contributed by atoms with Gasteiger partial charge in [-0.25, -0.2) is 0 Å². The van der Waals surface area contributed by atoms with Gasteiger partial charge in [0.25, 0.3) is 0 Å². The molecule has 1 unspecified atom stereocenters. The Morgan fingerprint density at radius 1 is 1.45 bits per heavy atom. The molecule has 4 heteroatoms. The van der Waals surface area contributed by atoms with Crippen LogP contribution < -0.4 is 4.74 Å². The molecule has 1 rings (SSSR count). The molecule has 114 valence electrons. The molecule has 1 aromatic rings. The Kier molecular flexibility index (Phi) is 9.99. The lowest BCUT2D eigenvalue weighted by Gasteiger charge is -2.24. The van der Waals surface area contributed by atoms with Gasteiger partial charge in [0.2, 0.25) is 0 Å². The molecule has 0 saturated carbocycles. The maximum atomic E-state index is 10.2. The van der Waals surface area contributed by atoms with Gasteiger partial charge in [0.15, 0.2) is 0 Å². The molecule has 0 aromatic heterocycles.